The Hall–Kier alpha value is -1.80. The predicted molar refractivity (Wildman–Crippen MR) is 99.0 cm³/mol. The summed E-state index contributed by atoms with van der Waals surface area (Å²) in [5.74, 6) is 0.494. The van der Waals surface area contributed by atoms with E-state index in [9.17, 15) is 13.2 Å². The smallest absolute Gasteiger partial charge is 0.243 e. The molecule has 8 heteroatoms. The van der Waals surface area contributed by atoms with Gasteiger partial charge in [-0.15, -0.1) is 0 Å². The summed E-state index contributed by atoms with van der Waals surface area (Å²) in [6, 6.07) is 4.51. The molecule has 1 aromatic rings. The van der Waals surface area contributed by atoms with Gasteiger partial charge in [0, 0.05) is 19.2 Å². The minimum Gasteiger partial charge on any atom is -0.493 e. The van der Waals surface area contributed by atoms with Gasteiger partial charge in [-0.1, -0.05) is 25.7 Å². The molecule has 1 aliphatic rings. The molecule has 1 N–H and O–H groups in total. The molecule has 1 fully saturated rings. The van der Waals surface area contributed by atoms with E-state index in [0.717, 1.165) is 30.0 Å². The molecule has 26 heavy (non-hydrogen) atoms. The van der Waals surface area contributed by atoms with Gasteiger partial charge in [-0.25, -0.2) is 8.42 Å². The van der Waals surface area contributed by atoms with E-state index in [-0.39, 0.29) is 23.4 Å². The third kappa shape index (κ3) is 5.11. The van der Waals surface area contributed by atoms with Crippen molar-refractivity contribution in [2.75, 3.05) is 27.8 Å². The van der Waals surface area contributed by atoms with E-state index in [1.54, 1.807) is 0 Å². The summed E-state index contributed by atoms with van der Waals surface area (Å²) in [7, 11) is 0.524. The molecule has 0 radical (unpaired) electrons. The van der Waals surface area contributed by atoms with Crippen molar-refractivity contribution in [1.29, 1.82) is 0 Å². The fourth-order valence-corrected chi connectivity index (χ4v) is 4.28. The van der Waals surface area contributed by atoms with Crippen molar-refractivity contribution in [3.05, 3.63) is 18.2 Å². The molecule has 1 amide bonds. The highest BCUT2D eigenvalue weighted by molar-refractivity contribution is 7.89. The van der Waals surface area contributed by atoms with Gasteiger partial charge in [-0.3, -0.25) is 4.79 Å². The van der Waals surface area contributed by atoms with E-state index in [0.29, 0.717) is 11.5 Å². The number of carbonyl (C=O) groups is 1. The maximum Gasteiger partial charge on any atom is 0.243 e. The lowest BCUT2D eigenvalue weighted by molar-refractivity contribution is -0.121. The second-order valence-corrected chi connectivity index (χ2v) is 8.58. The van der Waals surface area contributed by atoms with Gasteiger partial charge in [-0.2, -0.15) is 4.31 Å². The molecule has 0 unspecified atom stereocenters. The summed E-state index contributed by atoms with van der Waals surface area (Å²) < 4.78 is 36.8. The first kappa shape index (κ1) is 20.5. The van der Waals surface area contributed by atoms with Crippen molar-refractivity contribution in [1.82, 2.24) is 9.62 Å². The van der Waals surface area contributed by atoms with E-state index >= 15 is 0 Å². The molecule has 0 aliphatic heterocycles. The quantitative estimate of drug-likeness (QED) is 0.728. The molecular formula is C18H28N2O5S. The second-order valence-electron chi connectivity index (χ2n) is 6.53. The number of benzene rings is 1. The summed E-state index contributed by atoms with van der Waals surface area (Å²) in [4.78, 5) is 12.3. The highest BCUT2D eigenvalue weighted by Gasteiger charge is 2.25. The van der Waals surface area contributed by atoms with E-state index in [1.165, 1.54) is 52.3 Å². The number of carbonyl (C=O) groups excluding carboxylic acids is 1. The predicted octanol–water partition coefficient (Wildman–Crippen LogP) is 2.16. The number of sulfonamides is 1. The zero-order valence-corrected chi connectivity index (χ0v) is 16.5. The van der Waals surface area contributed by atoms with Gasteiger partial charge in [0.1, 0.15) is 0 Å². The van der Waals surface area contributed by atoms with Crippen molar-refractivity contribution in [3.8, 4) is 11.5 Å². The summed E-state index contributed by atoms with van der Waals surface area (Å²) in [6.07, 6.45) is 6.51. The minimum absolute atomic E-state index is 0.0555. The van der Waals surface area contributed by atoms with Gasteiger partial charge in [0.2, 0.25) is 15.9 Å². The number of methoxy groups -OCH3 is 2. The normalized spacial score (nSPS) is 16.2. The number of ether oxygens (including phenoxy) is 2. The maximum absolute atomic E-state index is 12.7. The van der Waals surface area contributed by atoms with Crippen LogP contribution in [0.3, 0.4) is 0 Å². The molecule has 1 aromatic carbocycles. The van der Waals surface area contributed by atoms with Crippen LogP contribution < -0.4 is 14.8 Å². The average molecular weight is 384 g/mol. The Morgan fingerprint density at radius 2 is 1.73 bits per heavy atom. The van der Waals surface area contributed by atoms with E-state index in [2.05, 4.69) is 5.32 Å². The highest BCUT2D eigenvalue weighted by Crippen LogP contribution is 2.30. The topological polar surface area (TPSA) is 84.9 Å². The third-order valence-electron chi connectivity index (χ3n) is 4.65. The molecule has 7 nitrogen and oxygen atoms in total. The van der Waals surface area contributed by atoms with Crippen LogP contribution in [0.25, 0.3) is 0 Å². The Bertz CT molecular complexity index is 712. The fraction of sp³-hybridized carbons (Fsp3) is 0.611. The molecule has 0 aromatic heterocycles. The van der Waals surface area contributed by atoms with Crippen LogP contribution in [0.1, 0.15) is 38.5 Å². The third-order valence-corrected chi connectivity index (χ3v) is 6.45. The SMILES string of the molecule is COc1ccc(S(=O)(=O)N(C)CC(=O)NC2CCCCCC2)cc1OC. The van der Waals surface area contributed by atoms with Crippen molar-refractivity contribution in [2.45, 2.75) is 49.5 Å². The van der Waals surface area contributed by atoms with Gasteiger partial charge < -0.3 is 14.8 Å². The fourth-order valence-electron chi connectivity index (χ4n) is 3.14. The number of hydrogen-bond acceptors (Lipinski definition) is 5. The Morgan fingerprint density at radius 1 is 1.12 bits per heavy atom. The summed E-state index contributed by atoms with van der Waals surface area (Å²) in [5, 5.41) is 2.96. The van der Waals surface area contributed by atoms with Crippen molar-refractivity contribution < 1.29 is 22.7 Å². The van der Waals surface area contributed by atoms with Crippen molar-refractivity contribution in [2.24, 2.45) is 0 Å². The molecular weight excluding hydrogens is 356 g/mol. The van der Waals surface area contributed by atoms with Gasteiger partial charge in [-0.05, 0) is 25.0 Å². The van der Waals surface area contributed by atoms with Gasteiger partial charge in [0.05, 0.1) is 25.7 Å². The molecule has 2 rings (SSSR count). The van der Waals surface area contributed by atoms with E-state index < -0.39 is 10.0 Å². The Kier molecular flexibility index (Phi) is 7.28. The number of likely N-dealkylation sites (N-methyl/N-ethyl adjacent to an activating group) is 1. The zero-order valence-electron chi connectivity index (χ0n) is 15.7. The maximum atomic E-state index is 12.7. The largest absolute Gasteiger partial charge is 0.493 e. The lowest BCUT2D eigenvalue weighted by Gasteiger charge is -2.21. The Labute approximate surface area is 155 Å². The first-order valence-corrected chi connectivity index (χ1v) is 10.3. The lowest BCUT2D eigenvalue weighted by Crippen LogP contribution is -2.42. The standard InChI is InChI=1S/C18H28N2O5S/c1-20(13-18(21)19-14-8-6-4-5-7-9-14)26(22,23)15-10-11-16(24-2)17(12-15)25-3/h10-12,14H,4-9,13H2,1-3H3,(H,19,21). The molecule has 1 saturated carbocycles. The molecule has 1 aliphatic carbocycles. The molecule has 0 spiro atoms. The van der Waals surface area contributed by atoms with Crippen LogP contribution in [0.15, 0.2) is 23.1 Å². The van der Waals surface area contributed by atoms with Crippen LogP contribution in [-0.4, -0.2) is 52.5 Å². The van der Waals surface area contributed by atoms with Crippen LogP contribution in [0.2, 0.25) is 0 Å². The summed E-state index contributed by atoms with van der Waals surface area (Å²) >= 11 is 0. The van der Waals surface area contributed by atoms with Crippen molar-refractivity contribution >= 4 is 15.9 Å². The Balaban J connectivity index is 2.04. The first-order chi connectivity index (χ1) is 12.4. The number of amides is 1. The number of nitrogens with zero attached hydrogens (tertiary/aromatic N) is 1. The van der Waals surface area contributed by atoms with Gasteiger partial charge in [0.25, 0.3) is 0 Å². The minimum atomic E-state index is -3.80. The number of nitrogens with one attached hydrogen (secondary N) is 1. The average Bonchev–Trinajstić information content (AvgIpc) is 2.89. The second kappa shape index (κ2) is 9.23. The highest BCUT2D eigenvalue weighted by atomic mass is 32.2. The molecule has 0 bridgehead atoms. The van der Waals surface area contributed by atoms with E-state index in [1.807, 2.05) is 0 Å². The number of hydrogen-bond donors (Lipinski definition) is 1. The van der Waals surface area contributed by atoms with Crippen LogP contribution in [0, 0.1) is 0 Å². The Morgan fingerprint density at radius 3 is 2.31 bits per heavy atom. The summed E-state index contributed by atoms with van der Waals surface area (Å²) in [6.45, 7) is -0.215. The van der Waals surface area contributed by atoms with Crippen molar-refractivity contribution in [3.63, 3.8) is 0 Å². The molecule has 0 saturated heterocycles. The van der Waals surface area contributed by atoms with Crippen LogP contribution >= 0.6 is 0 Å². The van der Waals surface area contributed by atoms with Gasteiger partial charge in [0.15, 0.2) is 11.5 Å². The van der Waals surface area contributed by atoms with Crippen LogP contribution in [-0.2, 0) is 14.8 Å². The lowest BCUT2D eigenvalue weighted by atomic mass is 10.1. The zero-order chi connectivity index (χ0) is 19.2. The van der Waals surface area contributed by atoms with Gasteiger partial charge >= 0.3 is 0 Å². The van der Waals surface area contributed by atoms with Crippen LogP contribution in [0.4, 0.5) is 0 Å². The molecule has 146 valence electrons. The van der Waals surface area contributed by atoms with E-state index in [4.69, 9.17) is 9.47 Å². The molecule has 0 heterocycles. The van der Waals surface area contributed by atoms with Crippen LogP contribution in [0.5, 0.6) is 11.5 Å². The summed E-state index contributed by atoms with van der Waals surface area (Å²) in [5.41, 5.74) is 0. The monoisotopic (exact) mass is 384 g/mol. The number of rotatable bonds is 7. The molecule has 0 atom stereocenters. The first-order valence-electron chi connectivity index (χ1n) is 8.86.